The average molecular weight is 330 g/mol. The molecule has 0 bridgehead atoms. The van der Waals surface area contributed by atoms with Crippen LogP contribution in [-0.2, 0) is 16.0 Å². The molecule has 1 aromatic carbocycles. The molecule has 0 aliphatic rings. The van der Waals surface area contributed by atoms with Crippen LogP contribution in [0.3, 0.4) is 0 Å². The molecule has 5 heteroatoms. The Bertz CT molecular complexity index is 706. The van der Waals surface area contributed by atoms with E-state index in [1.165, 1.54) is 0 Å². The van der Waals surface area contributed by atoms with Gasteiger partial charge in [0.05, 0.1) is 12.1 Å². The van der Waals surface area contributed by atoms with Gasteiger partial charge in [-0.15, -0.1) is 0 Å². The van der Waals surface area contributed by atoms with Crippen molar-refractivity contribution in [1.82, 2.24) is 4.57 Å². The number of nitrogens with two attached hydrogens (primary N) is 1. The van der Waals surface area contributed by atoms with Crippen molar-refractivity contribution in [3.05, 3.63) is 36.0 Å². The molecule has 0 aliphatic heterocycles. The van der Waals surface area contributed by atoms with Crippen LogP contribution in [-0.4, -0.2) is 29.1 Å². The summed E-state index contributed by atoms with van der Waals surface area (Å²) < 4.78 is 6.66. The fourth-order valence-corrected chi connectivity index (χ4v) is 2.84. The van der Waals surface area contributed by atoms with Crippen LogP contribution < -0.4 is 5.73 Å². The summed E-state index contributed by atoms with van der Waals surface area (Å²) in [7, 11) is 0. The van der Waals surface area contributed by atoms with E-state index in [0.717, 1.165) is 35.7 Å². The fraction of sp³-hybridized carbons (Fsp3) is 0.474. The predicted molar refractivity (Wildman–Crippen MR) is 95.0 cm³/mol. The maximum atomic E-state index is 12.5. The number of hydrogen-bond acceptors (Lipinski definition) is 4. The first-order valence-corrected chi connectivity index (χ1v) is 8.62. The van der Waals surface area contributed by atoms with Crippen molar-refractivity contribution in [2.24, 2.45) is 5.73 Å². The molecule has 2 rings (SSSR count). The summed E-state index contributed by atoms with van der Waals surface area (Å²) in [5.74, 6) is -0.334. The van der Waals surface area contributed by atoms with Crippen molar-refractivity contribution in [2.45, 2.75) is 52.0 Å². The summed E-state index contributed by atoms with van der Waals surface area (Å²) >= 11 is 0. The van der Waals surface area contributed by atoms with Gasteiger partial charge in [-0.1, -0.05) is 38.0 Å². The minimum Gasteiger partial charge on any atom is -0.465 e. The topological polar surface area (TPSA) is 74.3 Å². The Hall–Kier alpha value is -2.14. The van der Waals surface area contributed by atoms with E-state index in [4.69, 9.17) is 10.5 Å². The van der Waals surface area contributed by atoms with Gasteiger partial charge in [-0.2, -0.15) is 0 Å². The van der Waals surface area contributed by atoms with Gasteiger partial charge in [-0.05, 0) is 25.0 Å². The normalized spacial score (nSPS) is 12.3. The second kappa shape index (κ2) is 8.64. The average Bonchev–Trinajstić information content (AvgIpc) is 2.94. The number of nitrogens with zero attached hydrogens (tertiary/aromatic N) is 1. The minimum absolute atomic E-state index is 0.0793. The first-order valence-electron chi connectivity index (χ1n) is 8.62. The van der Waals surface area contributed by atoms with E-state index in [2.05, 4.69) is 6.92 Å². The zero-order valence-electron chi connectivity index (χ0n) is 14.5. The number of aromatic nitrogens is 1. The predicted octanol–water partition coefficient (Wildman–Crippen LogP) is 3.29. The number of carbonyl (C=O) groups is 2. The SMILES string of the molecule is CCCCCC(=O)n1cc(CC(N)C(=O)OCC)c2ccccc21. The Morgan fingerprint density at radius 3 is 2.67 bits per heavy atom. The molecule has 1 atom stereocenters. The molecule has 0 spiro atoms. The maximum Gasteiger partial charge on any atom is 0.323 e. The molecule has 0 amide bonds. The van der Waals surface area contributed by atoms with Gasteiger partial charge in [0.2, 0.25) is 5.91 Å². The molecule has 2 N–H and O–H groups in total. The third-order valence-corrected chi connectivity index (χ3v) is 4.09. The number of unbranched alkanes of at least 4 members (excludes halogenated alkanes) is 2. The van der Waals surface area contributed by atoms with Gasteiger partial charge in [0.1, 0.15) is 6.04 Å². The quantitative estimate of drug-likeness (QED) is 0.595. The molecule has 5 nitrogen and oxygen atoms in total. The molecule has 0 aliphatic carbocycles. The molecule has 24 heavy (non-hydrogen) atoms. The molecular weight excluding hydrogens is 304 g/mol. The number of ether oxygens (including phenoxy) is 1. The van der Waals surface area contributed by atoms with Gasteiger partial charge in [0.25, 0.3) is 0 Å². The number of fused-ring (bicyclic) bond motifs is 1. The van der Waals surface area contributed by atoms with E-state index in [0.29, 0.717) is 19.4 Å². The number of benzene rings is 1. The van der Waals surface area contributed by atoms with Crippen molar-refractivity contribution < 1.29 is 14.3 Å². The largest absolute Gasteiger partial charge is 0.465 e. The van der Waals surface area contributed by atoms with Crippen LogP contribution in [0.15, 0.2) is 30.5 Å². The van der Waals surface area contributed by atoms with Gasteiger partial charge in [-0.3, -0.25) is 14.2 Å². The van der Waals surface area contributed by atoms with E-state index >= 15 is 0 Å². The highest BCUT2D eigenvalue weighted by Gasteiger charge is 2.19. The lowest BCUT2D eigenvalue weighted by atomic mass is 10.1. The van der Waals surface area contributed by atoms with Crippen LogP contribution in [0.4, 0.5) is 0 Å². The molecular formula is C19H26N2O3. The highest BCUT2D eigenvalue weighted by atomic mass is 16.5. The first-order chi connectivity index (χ1) is 11.6. The summed E-state index contributed by atoms with van der Waals surface area (Å²) in [4.78, 5) is 24.3. The zero-order chi connectivity index (χ0) is 17.5. The van der Waals surface area contributed by atoms with Crippen molar-refractivity contribution in [3.8, 4) is 0 Å². The van der Waals surface area contributed by atoms with E-state index in [9.17, 15) is 9.59 Å². The van der Waals surface area contributed by atoms with E-state index in [1.807, 2.05) is 30.5 Å². The van der Waals surface area contributed by atoms with Gasteiger partial charge < -0.3 is 10.5 Å². The Labute approximate surface area is 142 Å². The lowest BCUT2D eigenvalue weighted by molar-refractivity contribution is -0.144. The maximum absolute atomic E-state index is 12.5. The highest BCUT2D eigenvalue weighted by molar-refractivity contribution is 5.94. The number of para-hydroxylation sites is 1. The second-order valence-electron chi connectivity index (χ2n) is 5.96. The molecule has 130 valence electrons. The first kappa shape index (κ1) is 18.2. The van der Waals surface area contributed by atoms with Crippen LogP contribution in [0.2, 0.25) is 0 Å². The van der Waals surface area contributed by atoms with Gasteiger partial charge in [-0.25, -0.2) is 0 Å². The molecule has 1 aromatic heterocycles. The smallest absolute Gasteiger partial charge is 0.323 e. The molecule has 0 saturated carbocycles. The van der Waals surface area contributed by atoms with Crippen molar-refractivity contribution in [1.29, 1.82) is 0 Å². The van der Waals surface area contributed by atoms with E-state index in [-0.39, 0.29) is 5.91 Å². The monoisotopic (exact) mass is 330 g/mol. The van der Waals surface area contributed by atoms with Crippen molar-refractivity contribution in [2.75, 3.05) is 6.61 Å². The number of hydrogen-bond donors (Lipinski definition) is 1. The van der Waals surface area contributed by atoms with Crippen molar-refractivity contribution >= 4 is 22.8 Å². The minimum atomic E-state index is -0.723. The number of esters is 1. The third kappa shape index (κ3) is 4.23. The summed E-state index contributed by atoms with van der Waals surface area (Å²) in [6, 6.07) is 6.99. The molecule has 0 fully saturated rings. The molecule has 1 heterocycles. The van der Waals surface area contributed by atoms with Crippen LogP contribution in [0.5, 0.6) is 0 Å². The lowest BCUT2D eigenvalue weighted by Crippen LogP contribution is -2.34. The van der Waals surface area contributed by atoms with Gasteiger partial charge >= 0.3 is 5.97 Å². The van der Waals surface area contributed by atoms with Gasteiger partial charge in [0, 0.05) is 24.4 Å². The van der Waals surface area contributed by atoms with Crippen molar-refractivity contribution in [3.63, 3.8) is 0 Å². The van der Waals surface area contributed by atoms with E-state index < -0.39 is 12.0 Å². The fourth-order valence-electron chi connectivity index (χ4n) is 2.84. The lowest BCUT2D eigenvalue weighted by Gasteiger charge is -2.09. The molecule has 0 saturated heterocycles. The number of rotatable bonds is 8. The molecule has 2 aromatic rings. The summed E-state index contributed by atoms with van der Waals surface area (Å²) in [5, 5.41) is 0.959. The Morgan fingerprint density at radius 2 is 1.96 bits per heavy atom. The summed E-state index contributed by atoms with van der Waals surface area (Å²) in [5.41, 5.74) is 7.71. The summed E-state index contributed by atoms with van der Waals surface area (Å²) in [6.45, 7) is 4.18. The Kier molecular flexibility index (Phi) is 6.55. The Morgan fingerprint density at radius 1 is 1.21 bits per heavy atom. The van der Waals surface area contributed by atoms with E-state index in [1.54, 1.807) is 11.5 Å². The zero-order valence-corrected chi connectivity index (χ0v) is 14.5. The van der Waals surface area contributed by atoms with Crippen LogP contribution in [0.1, 0.15) is 49.9 Å². The number of carbonyl (C=O) groups excluding carboxylic acids is 2. The third-order valence-electron chi connectivity index (χ3n) is 4.09. The van der Waals surface area contributed by atoms with Crippen LogP contribution in [0, 0.1) is 0 Å². The standard InChI is InChI=1S/C19H26N2O3/c1-3-5-6-11-18(22)21-13-14(12-16(20)19(23)24-4-2)15-9-7-8-10-17(15)21/h7-10,13,16H,3-6,11-12,20H2,1-2H3. The highest BCUT2D eigenvalue weighted by Crippen LogP contribution is 2.23. The molecule has 1 unspecified atom stereocenters. The van der Waals surface area contributed by atoms with Crippen LogP contribution in [0.25, 0.3) is 10.9 Å². The second-order valence-corrected chi connectivity index (χ2v) is 5.96. The van der Waals surface area contributed by atoms with Crippen LogP contribution >= 0.6 is 0 Å². The molecule has 0 radical (unpaired) electrons. The Balaban J connectivity index is 2.25. The summed E-state index contributed by atoms with van der Waals surface area (Å²) in [6.07, 6.45) is 5.72. The van der Waals surface area contributed by atoms with Gasteiger partial charge in [0.15, 0.2) is 0 Å².